The van der Waals surface area contributed by atoms with Crippen LogP contribution in [-0.2, 0) is 4.74 Å². The molecule has 1 unspecified atom stereocenters. The van der Waals surface area contributed by atoms with E-state index in [2.05, 4.69) is 0 Å². The van der Waals surface area contributed by atoms with Crippen LogP contribution in [-0.4, -0.2) is 17.0 Å². The van der Waals surface area contributed by atoms with Crippen LogP contribution < -0.4 is 0 Å². The van der Waals surface area contributed by atoms with E-state index in [1.807, 2.05) is 0 Å². The molecule has 1 atom stereocenters. The van der Waals surface area contributed by atoms with Crippen LogP contribution in [0.4, 0.5) is 0 Å². The number of ether oxygens (including phenoxy) is 1. The molecule has 2 aliphatic rings. The van der Waals surface area contributed by atoms with Gasteiger partial charge in [0, 0.05) is 6.42 Å². The monoisotopic (exact) mass is 142 g/mol. The van der Waals surface area contributed by atoms with Gasteiger partial charge >= 0.3 is 0 Å². The van der Waals surface area contributed by atoms with E-state index in [9.17, 15) is 0 Å². The summed E-state index contributed by atoms with van der Waals surface area (Å²) in [5.41, 5.74) is 0.123. The maximum atomic E-state index is 8.94. The number of aliphatic hydroxyl groups is 1. The maximum Gasteiger partial charge on any atom is 0.158 e. The first kappa shape index (κ1) is 6.62. The van der Waals surface area contributed by atoms with Crippen LogP contribution in [0.15, 0.2) is 0 Å². The van der Waals surface area contributed by atoms with Crippen molar-refractivity contribution in [1.29, 1.82) is 0 Å². The topological polar surface area (TPSA) is 29.5 Å². The molecule has 58 valence electrons. The smallest absolute Gasteiger partial charge is 0.158 e. The van der Waals surface area contributed by atoms with Crippen molar-refractivity contribution in [3.63, 3.8) is 0 Å². The summed E-state index contributed by atoms with van der Waals surface area (Å²) >= 11 is 0. The van der Waals surface area contributed by atoms with E-state index < -0.39 is 6.29 Å². The Kier molecular flexibility index (Phi) is 1.46. The van der Waals surface area contributed by atoms with Gasteiger partial charge < -0.3 is 9.84 Å². The van der Waals surface area contributed by atoms with E-state index in [0.29, 0.717) is 0 Å². The zero-order valence-electron chi connectivity index (χ0n) is 6.18. The van der Waals surface area contributed by atoms with Crippen LogP contribution in [0.25, 0.3) is 0 Å². The Morgan fingerprint density at radius 3 is 2.30 bits per heavy atom. The Bertz CT molecular complexity index is 112. The van der Waals surface area contributed by atoms with Gasteiger partial charge in [0.05, 0.1) is 5.60 Å². The van der Waals surface area contributed by atoms with Crippen LogP contribution in [0.5, 0.6) is 0 Å². The Hall–Kier alpha value is -0.0800. The van der Waals surface area contributed by atoms with Gasteiger partial charge in [-0.15, -0.1) is 0 Å². The van der Waals surface area contributed by atoms with Crippen molar-refractivity contribution in [2.75, 3.05) is 0 Å². The fourth-order valence-electron chi connectivity index (χ4n) is 2.12. The van der Waals surface area contributed by atoms with Gasteiger partial charge in [0.15, 0.2) is 6.29 Å². The van der Waals surface area contributed by atoms with Crippen molar-refractivity contribution in [2.45, 2.75) is 50.4 Å². The van der Waals surface area contributed by atoms with Crippen molar-refractivity contribution >= 4 is 0 Å². The average molecular weight is 142 g/mol. The van der Waals surface area contributed by atoms with E-state index in [0.717, 1.165) is 6.42 Å². The Morgan fingerprint density at radius 1 is 1.20 bits per heavy atom. The molecular formula is C8H14O2. The molecule has 0 radical (unpaired) electrons. The molecule has 1 aliphatic heterocycles. The lowest BCUT2D eigenvalue weighted by Gasteiger charge is -2.47. The molecule has 2 fully saturated rings. The van der Waals surface area contributed by atoms with Crippen LogP contribution >= 0.6 is 0 Å². The van der Waals surface area contributed by atoms with Crippen molar-refractivity contribution in [1.82, 2.24) is 0 Å². The lowest BCUT2D eigenvalue weighted by molar-refractivity contribution is -0.299. The maximum absolute atomic E-state index is 8.94. The number of hydrogen-bond donors (Lipinski definition) is 1. The summed E-state index contributed by atoms with van der Waals surface area (Å²) in [7, 11) is 0. The van der Waals surface area contributed by atoms with Crippen molar-refractivity contribution < 1.29 is 9.84 Å². The highest BCUT2D eigenvalue weighted by Crippen LogP contribution is 2.43. The van der Waals surface area contributed by atoms with Crippen LogP contribution in [0, 0.1) is 0 Å². The van der Waals surface area contributed by atoms with Gasteiger partial charge in [0.1, 0.15) is 0 Å². The van der Waals surface area contributed by atoms with Gasteiger partial charge in [-0.1, -0.05) is 19.3 Å². The first-order valence-electron chi connectivity index (χ1n) is 4.17. The molecule has 0 aromatic rings. The molecule has 1 spiro atoms. The summed E-state index contributed by atoms with van der Waals surface area (Å²) in [6.07, 6.45) is 6.69. The zero-order valence-corrected chi connectivity index (χ0v) is 6.18. The van der Waals surface area contributed by atoms with Gasteiger partial charge in [0.25, 0.3) is 0 Å². The average Bonchev–Trinajstić information content (AvgIpc) is 1.87. The van der Waals surface area contributed by atoms with Crippen molar-refractivity contribution in [3.05, 3.63) is 0 Å². The fourth-order valence-corrected chi connectivity index (χ4v) is 2.12. The molecule has 10 heavy (non-hydrogen) atoms. The Balaban J connectivity index is 1.90. The van der Waals surface area contributed by atoms with Crippen LogP contribution in [0.3, 0.4) is 0 Å². The molecule has 0 amide bonds. The third kappa shape index (κ3) is 0.956. The number of rotatable bonds is 0. The van der Waals surface area contributed by atoms with Crippen LogP contribution in [0.1, 0.15) is 38.5 Å². The predicted octanol–water partition coefficient (Wildman–Crippen LogP) is 1.43. The first-order chi connectivity index (χ1) is 4.81. The SMILES string of the molecule is OC1CC2(CCCCC2)O1. The lowest BCUT2D eigenvalue weighted by Crippen LogP contribution is -2.51. The second-order valence-electron chi connectivity index (χ2n) is 3.52. The van der Waals surface area contributed by atoms with Gasteiger partial charge in [-0.2, -0.15) is 0 Å². The molecule has 1 saturated heterocycles. The third-order valence-corrected chi connectivity index (χ3v) is 2.70. The minimum Gasteiger partial charge on any atom is -0.368 e. The van der Waals surface area contributed by atoms with Crippen molar-refractivity contribution in [3.8, 4) is 0 Å². The third-order valence-electron chi connectivity index (χ3n) is 2.70. The lowest BCUT2D eigenvalue weighted by atomic mass is 9.79. The van der Waals surface area contributed by atoms with Gasteiger partial charge in [-0.25, -0.2) is 0 Å². The highest BCUT2D eigenvalue weighted by molar-refractivity contribution is 4.91. The highest BCUT2D eigenvalue weighted by Gasteiger charge is 2.44. The normalized spacial score (nSPS) is 37.5. The minimum atomic E-state index is -0.446. The molecule has 2 rings (SSSR count). The fraction of sp³-hybridized carbons (Fsp3) is 1.00. The van der Waals surface area contributed by atoms with Crippen LogP contribution in [0.2, 0.25) is 0 Å². The molecule has 2 heteroatoms. The summed E-state index contributed by atoms with van der Waals surface area (Å²) in [6.45, 7) is 0. The molecule has 1 N–H and O–H groups in total. The van der Waals surface area contributed by atoms with Gasteiger partial charge in [-0.05, 0) is 12.8 Å². The molecule has 0 aromatic carbocycles. The van der Waals surface area contributed by atoms with Gasteiger partial charge in [-0.3, -0.25) is 0 Å². The molecular weight excluding hydrogens is 128 g/mol. The Morgan fingerprint density at radius 2 is 1.80 bits per heavy atom. The largest absolute Gasteiger partial charge is 0.368 e. The summed E-state index contributed by atoms with van der Waals surface area (Å²) in [5.74, 6) is 0. The van der Waals surface area contributed by atoms with E-state index in [4.69, 9.17) is 9.84 Å². The minimum absolute atomic E-state index is 0.123. The second kappa shape index (κ2) is 2.21. The van der Waals surface area contributed by atoms with Gasteiger partial charge in [0.2, 0.25) is 0 Å². The molecule has 0 bridgehead atoms. The summed E-state index contributed by atoms with van der Waals surface area (Å²) in [4.78, 5) is 0. The summed E-state index contributed by atoms with van der Waals surface area (Å²) < 4.78 is 5.32. The number of hydrogen-bond acceptors (Lipinski definition) is 2. The highest BCUT2D eigenvalue weighted by atomic mass is 16.6. The second-order valence-corrected chi connectivity index (χ2v) is 3.52. The van der Waals surface area contributed by atoms with E-state index in [1.54, 1.807) is 0 Å². The van der Waals surface area contributed by atoms with Crippen molar-refractivity contribution in [2.24, 2.45) is 0 Å². The molecule has 1 saturated carbocycles. The molecule has 2 nitrogen and oxygen atoms in total. The summed E-state index contributed by atoms with van der Waals surface area (Å²) in [5, 5.41) is 8.94. The Labute approximate surface area is 61.2 Å². The van der Waals surface area contributed by atoms with E-state index in [-0.39, 0.29) is 5.60 Å². The quantitative estimate of drug-likeness (QED) is 0.554. The molecule has 1 aliphatic carbocycles. The molecule has 1 heterocycles. The standard InChI is InChI=1S/C8H14O2/c9-7-6-8(10-7)4-2-1-3-5-8/h7,9H,1-6H2. The zero-order chi connectivity index (χ0) is 7.03. The predicted molar refractivity (Wildman–Crippen MR) is 37.5 cm³/mol. The van der Waals surface area contributed by atoms with E-state index >= 15 is 0 Å². The first-order valence-corrected chi connectivity index (χ1v) is 4.17. The number of aliphatic hydroxyl groups excluding tert-OH is 1. The summed E-state index contributed by atoms with van der Waals surface area (Å²) in [6, 6.07) is 0. The molecule has 0 aromatic heterocycles. The van der Waals surface area contributed by atoms with E-state index in [1.165, 1.54) is 32.1 Å².